The molecular weight excluding hydrogens is 297 g/mol. The molecule has 2 aromatic rings. The molecule has 0 fully saturated rings. The molecule has 1 heterocycles. The van der Waals surface area contributed by atoms with Crippen molar-refractivity contribution in [3.63, 3.8) is 0 Å². The van der Waals surface area contributed by atoms with Gasteiger partial charge in [0.25, 0.3) is 0 Å². The van der Waals surface area contributed by atoms with E-state index in [0.29, 0.717) is 10.7 Å². The van der Waals surface area contributed by atoms with Gasteiger partial charge in [0.2, 0.25) is 0 Å². The molecule has 0 radical (unpaired) electrons. The Morgan fingerprint density at radius 3 is 2.86 bits per heavy atom. The molecule has 2 rings (SSSR count). The van der Waals surface area contributed by atoms with Crippen LogP contribution in [0.1, 0.15) is 35.8 Å². The summed E-state index contributed by atoms with van der Waals surface area (Å²) in [6, 6.07) is 3.56. The van der Waals surface area contributed by atoms with Gasteiger partial charge in [-0.25, -0.2) is 19.1 Å². The first kappa shape index (κ1) is 15.3. The number of aromatic amines is 1. The lowest BCUT2D eigenvalue weighted by Gasteiger charge is -2.09. The molecule has 112 valence electrons. The third-order valence-corrected chi connectivity index (χ3v) is 3.85. The minimum absolute atomic E-state index is 0.0640. The van der Waals surface area contributed by atoms with Crippen molar-refractivity contribution in [3.05, 3.63) is 45.6 Å². The number of thioether (sulfide) groups is 1. The van der Waals surface area contributed by atoms with E-state index in [1.54, 1.807) is 0 Å². The van der Waals surface area contributed by atoms with Crippen LogP contribution < -0.4 is 5.69 Å². The molecule has 0 saturated heterocycles. The van der Waals surface area contributed by atoms with Crippen LogP contribution in [0.25, 0.3) is 0 Å². The van der Waals surface area contributed by atoms with Gasteiger partial charge in [0.15, 0.2) is 5.16 Å². The molecular formula is C13H14FN3O3S. The number of aromatic nitrogens is 3. The summed E-state index contributed by atoms with van der Waals surface area (Å²) in [5.74, 6) is -1.51. The Labute approximate surface area is 124 Å². The number of carboxylic acid groups (broad SMARTS) is 1. The zero-order valence-electron chi connectivity index (χ0n) is 11.5. The van der Waals surface area contributed by atoms with Crippen LogP contribution in [0, 0.1) is 5.82 Å². The molecule has 6 nitrogen and oxygen atoms in total. The van der Waals surface area contributed by atoms with E-state index in [1.165, 1.54) is 28.5 Å². The fourth-order valence-electron chi connectivity index (χ4n) is 1.86. The van der Waals surface area contributed by atoms with Gasteiger partial charge < -0.3 is 5.11 Å². The second-order valence-corrected chi connectivity index (χ2v) is 5.61. The maximum Gasteiger partial charge on any atom is 0.344 e. The van der Waals surface area contributed by atoms with Gasteiger partial charge in [-0.1, -0.05) is 17.8 Å². The Morgan fingerprint density at radius 2 is 2.24 bits per heavy atom. The monoisotopic (exact) mass is 311 g/mol. The van der Waals surface area contributed by atoms with Crippen LogP contribution in [0.4, 0.5) is 4.39 Å². The van der Waals surface area contributed by atoms with E-state index in [-0.39, 0.29) is 23.0 Å². The zero-order chi connectivity index (χ0) is 15.6. The van der Waals surface area contributed by atoms with Crippen molar-refractivity contribution in [3.8, 4) is 0 Å². The number of aromatic carboxylic acids is 1. The lowest BCUT2D eigenvalue weighted by atomic mass is 10.1. The average molecular weight is 311 g/mol. The molecule has 0 aliphatic heterocycles. The standard InChI is InChI=1S/C13H14FN3O3S/c1-7(2)17-12(20)15-16-13(17)21-6-8-3-4-9(14)5-10(8)11(18)19/h3-5,7H,6H2,1-2H3,(H,15,20)(H,18,19). The lowest BCUT2D eigenvalue weighted by molar-refractivity contribution is 0.0695. The topological polar surface area (TPSA) is 88.0 Å². The van der Waals surface area contributed by atoms with Crippen molar-refractivity contribution >= 4 is 17.7 Å². The van der Waals surface area contributed by atoms with E-state index in [9.17, 15) is 14.0 Å². The van der Waals surface area contributed by atoms with Crippen molar-refractivity contribution in [2.45, 2.75) is 30.8 Å². The molecule has 0 aliphatic carbocycles. The molecule has 2 N–H and O–H groups in total. The second-order valence-electron chi connectivity index (χ2n) is 4.67. The van der Waals surface area contributed by atoms with Crippen molar-refractivity contribution < 1.29 is 14.3 Å². The van der Waals surface area contributed by atoms with Crippen molar-refractivity contribution in [2.75, 3.05) is 0 Å². The second kappa shape index (κ2) is 6.13. The molecule has 1 aromatic heterocycles. The molecule has 0 saturated carbocycles. The van der Waals surface area contributed by atoms with E-state index in [1.807, 2.05) is 13.8 Å². The number of nitrogens with zero attached hydrogens (tertiary/aromatic N) is 2. The van der Waals surface area contributed by atoms with E-state index in [0.717, 1.165) is 6.07 Å². The first-order chi connectivity index (χ1) is 9.90. The Bertz CT molecular complexity index is 724. The van der Waals surface area contributed by atoms with Crippen molar-refractivity contribution in [1.82, 2.24) is 14.8 Å². The van der Waals surface area contributed by atoms with E-state index >= 15 is 0 Å². The fourth-order valence-corrected chi connectivity index (χ4v) is 2.94. The van der Waals surface area contributed by atoms with Gasteiger partial charge in [0, 0.05) is 11.8 Å². The molecule has 0 amide bonds. The highest BCUT2D eigenvalue weighted by Crippen LogP contribution is 2.24. The molecule has 8 heteroatoms. The van der Waals surface area contributed by atoms with Gasteiger partial charge in [0.1, 0.15) is 5.82 Å². The Hall–Kier alpha value is -2.09. The van der Waals surface area contributed by atoms with Crippen LogP contribution in [0.15, 0.2) is 28.2 Å². The number of halogens is 1. The summed E-state index contributed by atoms with van der Waals surface area (Å²) < 4.78 is 14.6. The highest BCUT2D eigenvalue weighted by atomic mass is 32.2. The molecule has 1 aromatic carbocycles. The van der Waals surface area contributed by atoms with Gasteiger partial charge in [-0.2, -0.15) is 0 Å². The molecule has 0 bridgehead atoms. The maximum atomic E-state index is 13.1. The van der Waals surface area contributed by atoms with Gasteiger partial charge in [-0.3, -0.25) is 4.57 Å². The molecule has 0 unspecified atom stereocenters. The van der Waals surface area contributed by atoms with Crippen molar-refractivity contribution in [1.29, 1.82) is 0 Å². The number of hydrogen-bond donors (Lipinski definition) is 2. The average Bonchev–Trinajstić information content (AvgIpc) is 2.78. The molecule has 21 heavy (non-hydrogen) atoms. The highest BCUT2D eigenvalue weighted by Gasteiger charge is 2.15. The van der Waals surface area contributed by atoms with E-state index in [2.05, 4.69) is 10.2 Å². The van der Waals surface area contributed by atoms with Gasteiger partial charge in [0.05, 0.1) is 5.56 Å². The van der Waals surface area contributed by atoms with E-state index in [4.69, 9.17) is 5.11 Å². The third-order valence-electron chi connectivity index (χ3n) is 2.85. The molecule has 0 atom stereocenters. The minimum atomic E-state index is -1.19. The molecule has 0 spiro atoms. The van der Waals surface area contributed by atoms with Gasteiger partial charge in [-0.15, -0.1) is 5.10 Å². The van der Waals surface area contributed by atoms with Crippen LogP contribution in [0.3, 0.4) is 0 Å². The van der Waals surface area contributed by atoms with Crippen LogP contribution in [-0.2, 0) is 5.75 Å². The number of carbonyl (C=O) groups is 1. The largest absolute Gasteiger partial charge is 0.478 e. The smallest absolute Gasteiger partial charge is 0.344 e. The van der Waals surface area contributed by atoms with E-state index < -0.39 is 11.8 Å². The van der Waals surface area contributed by atoms with Gasteiger partial charge in [-0.05, 0) is 31.5 Å². The SMILES string of the molecule is CC(C)n1c(SCc2ccc(F)cc2C(=O)O)n[nH]c1=O. The van der Waals surface area contributed by atoms with Crippen LogP contribution in [0.2, 0.25) is 0 Å². The third kappa shape index (κ3) is 3.33. The Morgan fingerprint density at radius 1 is 1.52 bits per heavy atom. The predicted molar refractivity (Wildman–Crippen MR) is 76.2 cm³/mol. The van der Waals surface area contributed by atoms with Crippen molar-refractivity contribution in [2.24, 2.45) is 0 Å². The zero-order valence-corrected chi connectivity index (χ0v) is 12.3. The first-order valence-corrected chi connectivity index (χ1v) is 7.20. The minimum Gasteiger partial charge on any atom is -0.478 e. The number of nitrogens with one attached hydrogen (secondary N) is 1. The summed E-state index contributed by atoms with van der Waals surface area (Å²) in [5.41, 5.74) is 0.0706. The Balaban J connectivity index is 2.25. The summed E-state index contributed by atoms with van der Waals surface area (Å²) in [6.07, 6.45) is 0. The van der Waals surface area contributed by atoms with Crippen LogP contribution in [0.5, 0.6) is 0 Å². The fraction of sp³-hybridized carbons (Fsp3) is 0.308. The summed E-state index contributed by atoms with van der Waals surface area (Å²) in [7, 11) is 0. The van der Waals surface area contributed by atoms with Gasteiger partial charge >= 0.3 is 11.7 Å². The summed E-state index contributed by atoms with van der Waals surface area (Å²) in [6.45, 7) is 3.70. The molecule has 0 aliphatic rings. The number of hydrogen-bond acceptors (Lipinski definition) is 4. The Kier molecular flexibility index (Phi) is 4.46. The number of H-pyrrole nitrogens is 1. The summed E-state index contributed by atoms with van der Waals surface area (Å²) in [5, 5.41) is 15.8. The quantitative estimate of drug-likeness (QED) is 0.827. The highest BCUT2D eigenvalue weighted by molar-refractivity contribution is 7.98. The number of rotatable bonds is 5. The summed E-state index contributed by atoms with van der Waals surface area (Å²) in [4.78, 5) is 22.7. The van der Waals surface area contributed by atoms with Crippen LogP contribution >= 0.6 is 11.8 Å². The normalized spacial score (nSPS) is 11.0. The predicted octanol–water partition coefficient (Wildman–Crippen LogP) is 2.28. The van der Waals surface area contributed by atoms with Crippen LogP contribution in [-0.4, -0.2) is 25.8 Å². The maximum absolute atomic E-state index is 13.1. The number of carboxylic acids is 1. The first-order valence-electron chi connectivity index (χ1n) is 6.21. The number of benzene rings is 1. The summed E-state index contributed by atoms with van der Waals surface area (Å²) >= 11 is 1.22. The lowest BCUT2D eigenvalue weighted by Crippen LogP contribution is -2.19.